The first kappa shape index (κ1) is 12.8. The molecule has 94 valence electrons. The first-order chi connectivity index (χ1) is 8.13. The van der Waals surface area contributed by atoms with Gasteiger partial charge in [0.1, 0.15) is 5.82 Å². The molecule has 0 aliphatic heterocycles. The molecule has 0 atom stereocenters. The Morgan fingerprint density at radius 1 is 1.47 bits per heavy atom. The summed E-state index contributed by atoms with van der Waals surface area (Å²) in [6.45, 7) is 3.02. The van der Waals surface area contributed by atoms with Crippen LogP contribution in [0.15, 0.2) is 18.2 Å². The largest absolute Gasteiger partial charge is 0.319 e. The van der Waals surface area contributed by atoms with Crippen molar-refractivity contribution in [1.82, 2.24) is 5.32 Å². The van der Waals surface area contributed by atoms with Crippen LogP contribution in [0.2, 0.25) is 5.02 Å². The Morgan fingerprint density at radius 2 is 2.18 bits per heavy atom. The fourth-order valence-corrected chi connectivity index (χ4v) is 3.22. The maximum absolute atomic E-state index is 14.1. The minimum Gasteiger partial charge on any atom is -0.319 e. The van der Waals surface area contributed by atoms with Crippen molar-refractivity contribution >= 4 is 11.6 Å². The number of benzene rings is 1. The van der Waals surface area contributed by atoms with Crippen LogP contribution in [0.4, 0.5) is 4.39 Å². The number of hydrogen-bond acceptors (Lipinski definition) is 1. The predicted octanol–water partition coefficient (Wildman–Crippen LogP) is 3.76. The number of nitrogens with one attached hydrogen (secondary N) is 1. The minimum absolute atomic E-state index is 0.0512. The molecule has 0 heterocycles. The molecule has 3 heteroatoms. The van der Waals surface area contributed by atoms with Gasteiger partial charge in [0.05, 0.1) is 5.02 Å². The van der Waals surface area contributed by atoms with Crippen LogP contribution in [-0.4, -0.2) is 13.6 Å². The predicted molar refractivity (Wildman–Crippen MR) is 70.0 cm³/mol. The molecule has 1 aromatic carbocycles. The van der Waals surface area contributed by atoms with E-state index in [1.165, 1.54) is 6.42 Å². The topological polar surface area (TPSA) is 12.0 Å². The van der Waals surface area contributed by atoms with Gasteiger partial charge < -0.3 is 5.32 Å². The molecule has 1 fully saturated rings. The number of likely N-dealkylation sites (N-methyl/N-ethyl adjacent to an activating group) is 1. The Hall–Kier alpha value is -0.600. The molecule has 0 radical (unpaired) electrons. The summed E-state index contributed by atoms with van der Waals surface area (Å²) in [7, 11) is 1.92. The highest BCUT2D eigenvalue weighted by Gasteiger charge is 2.45. The Kier molecular flexibility index (Phi) is 3.74. The van der Waals surface area contributed by atoms with Crippen LogP contribution in [-0.2, 0) is 5.41 Å². The van der Waals surface area contributed by atoms with E-state index in [4.69, 9.17) is 11.6 Å². The lowest BCUT2D eigenvalue weighted by molar-refractivity contribution is 0.132. The standard InChI is InChI=1S/C14H19ClFN/c1-3-10-7-14(8-10,9-17-2)11-5-4-6-12(15)13(11)16/h4-6,10,17H,3,7-9H2,1-2H3. The van der Waals surface area contributed by atoms with Crippen LogP contribution in [0.25, 0.3) is 0 Å². The smallest absolute Gasteiger partial charge is 0.145 e. The Labute approximate surface area is 107 Å². The quantitative estimate of drug-likeness (QED) is 0.864. The third kappa shape index (κ3) is 2.21. The van der Waals surface area contributed by atoms with Crippen molar-refractivity contribution in [3.63, 3.8) is 0 Å². The van der Waals surface area contributed by atoms with Gasteiger partial charge in [-0.15, -0.1) is 0 Å². The van der Waals surface area contributed by atoms with Gasteiger partial charge >= 0.3 is 0 Å². The van der Waals surface area contributed by atoms with E-state index in [0.717, 1.165) is 30.9 Å². The molecular weight excluding hydrogens is 237 g/mol. The molecule has 0 amide bonds. The zero-order valence-corrected chi connectivity index (χ0v) is 11.1. The van der Waals surface area contributed by atoms with Crippen molar-refractivity contribution in [2.45, 2.75) is 31.6 Å². The van der Waals surface area contributed by atoms with Crippen LogP contribution in [0.1, 0.15) is 31.7 Å². The average Bonchev–Trinajstić information content (AvgIpc) is 2.27. The van der Waals surface area contributed by atoms with E-state index in [1.54, 1.807) is 6.07 Å². The molecule has 2 rings (SSSR count). The molecule has 1 N–H and O–H groups in total. The van der Waals surface area contributed by atoms with Gasteiger partial charge in [0.2, 0.25) is 0 Å². The van der Waals surface area contributed by atoms with Gasteiger partial charge in [0, 0.05) is 12.0 Å². The van der Waals surface area contributed by atoms with Gasteiger partial charge in [0.15, 0.2) is 0 Å². The van der Waals surface area contributed by atoms with Crippen molar-refractivity contribution in [2.24, 2.45) is 5.92 Å². The van der Waals surface area contributed by atoms with E-state index in [-0.39, 0.29) is 16.3 Å². The van der Waals surface area contributed by atoms with Gasteiger partial charge in [-0.2, -0.15) is 0 Å². The average molecular weight is 256 g/mol. The molecule has 17 heavy (non-hydrogen) atoms. The molecule has 1 aromatic rings. The molecular formula is C14H19ClFN. The zero-order chi connectivity index (χ0) is 12.5. The zero-order valence-electron chi connectivity index (χ0n) is 10.4. The maximum atomic E-state index is 14.1. The highest BCUT2D eigenvalue weighted by molar-refractivity contribution is 6.30. The first-order valence-corrected chi connectivity index (χ1v) is 6.60. The highest BCUT2D eigenvalue weighted by Crippen LogP contribution is 2.50. The molecule has 1 saturated carbocycles. The second-order valence-corrected chi connectivity index (χ2v) is 5.50. The second kappa shape index (κ2) is 4.95. The molecule has 1 aliphatic carbocycles. The van der Waals surface area contributed by atoms with E-state index in [2.05, 4.69) is 12.2 Å². The highest BCUT2D eigenvalue weighted by atomic mass is 35.5. The van der Waals surface area contributed by atoms with Crippen LogP contribution in [0, 0.1) is 11.7 Å². The van der Waals surface area contributed by atoms with Crippen LogP contribution >= 0.6 is 11.6 Å². The Bertz CT molecular complexity index is 399. The molecule has 0 unspecified atom stereocenters. The van der Waals surface area contributed by atoms with Gasteiger partial charge in [-0.05, 0) is 37.4 Å². The lowest BCUT2D eigenvalue weighted by Gasteiger charge is -2.48. The lowest BCUT2D eigenvalue weighted by atomic mass is 9.57. The van der Waals surface area contributed by atoms with E-state index in [9.17, 15) is 4.39 Å². The molecule has 0 bridgehead atoms. The summed E-state index contributed by atoms with van der Waals surface area (Å²) in [5, 5.41) is 3.42. The number of halogens is 2. The van der Waals surface area contributed by atoms with E-state index >= 15 is 0 Å². The summed E-state index contributed by atoms with van der Waals surface area (Å²) in [5.74, 6) is 0.487. The molecule has 1 nitrogen and oxygen atoms in total. The molecule has 0 spiro atoms. The fraction of sp³-hybridized carbons (Fsp3) is 0.571. The van der Waals surface area contributed by atoms with Crippen molar-refractivity contribution in [1.29, 1.82) is 0 Å². The second-order valence-electron chi connectivity index (χ2n) is 5.09. The Morgan fingerprint density at radius 3 is 2.76 bits per heavy atom. The summed E-state index contributed by atoms with van der Waals surface area (Å²) in [6, 6.07) is 5.34. The van der Waals surface area contributed by atoms with Crippen LogP contribution in [0.5, 0.6) is 0 Å². The van der Waals surface area contributed by atoms with Crippen LogP contribution < -0.4 is 5.32 Å². The summed E-state index contributed by atoms with van der Waals surface area (Å²) < 4.78 is 14.1. The van der Waals surface area contributed by atoms with E-state index in [1.807, 2.05) is 19.2 Å². The molecule has 1 aliphatic rings. The van der Waals surface area contributed by atoms with Crippen LogP contribution in [0.3, 0.4) is 0 Å². The van der Waals surface area contributed by atoms with E-state index < -0.39 is 0 Å². The summed E-state index contributed by atoms with van der Waals surface area (Å²) in [6.07, 6.45) is 3.29. The SMILES string of the molecule is CCC1CC(CNC)(c2cccc(Cl)c2F)C1. The summed E-state index contributed by atoms with van der Waals surface area (Å²) in [5.41, 5.74) is 0.730. The summed E-state index contributed by atoms with van der Waals surface area (Å²) in [4.78, 5) is 0. The first-order valence-electron chi connectivity index (χ1n) is 6.22. The Balaban J connectivity index is 2.31. The van der Waals surface area contributed by atoms with Crippen molar-refractivity contribution in [3.8, 4) is 0 Å². The van der Waals surface area contributed by atoms with Crippen molar-refractivity contribution in [2.75, 3.05) is 13.6 Å². The fourth-order valence-electron chi connectivity index (χ4n) is 3.05. The third-order valence-corrected chi connectivity index (χ3v) is 4.27. The van der Waals surface area contributed by atoms with Gasteiger partial charge in [-0.1, -0.05) is 37.1 Å². The molecule has 0 aromatic heterocycles. The number of hydrogen-bond donors (Lipinski definition) is 1. The number of rotatable bonds is 4. The summed E-state index contributed by atoms with van der Waals surface area (Å²) >= 11 is 5.88. The van der Waals surface area contributed by atoms with Crippen molar-refractivity contribution < 1.29 is 4.39 Å². The minimum atomic E-state index is -0.237. The van der Waals surface area contributed by atoms with Gasteiger partial charge in [-0.3, -0.25) is 0 Å². The normalized spacial score (nSPS) is 27.9. The third-order valence-electron chi connectivity index (χ3n) is 3.97. The van der Waals surface area contributed by atoms with Gasteiger partial charge in [-0.25, -0.2) is 4.39 Å². The maximum Gasteiger partial charge on any atom is 0.145 e. The lowest BCUT2D eigenvalue weighted by Crippen LogP contribution is -2.48. The van der Waals surface area contributed by atoms with Gasteiger partial charge in [0.25, 0.3) is 0 Å². The van der Waals surface area contributed by atoms with Crippen molar-refractivity contribution in [3.05, 3.63) is 34.6 Å². The monoisotopic (exact) mass is 255 g/mol. The molecule has 0 saturated heterocycles. The van der Waals surface area contributed by atoms with E-state index in [0.29, 0.717) is 0 Å².